The van der Waals surface area contributed by atoms with E-state index in [-0.39, 0.29) is 5.78 Å². The summed E-state index contributed by atoms with van der Waals surface area (Å²) in [5.74, 6) is -2.90. The molecule has 206 valence electrons. The Morgan fingerprint density at radius 3 is 2.08 bits per heavy atom. The van der Waals surface area contributed by atoms with Gasteiger partial charge in [-0.25, -0.2) is 9.59 Å². The van der Waals surface area contributed by atoms with Crippen LogP contribution < -0.4 is 5.32 Å². The highest BCUT2D eigenvalue weighted by atomic mass is 32.1. The van der Waals surface area contributed by atoms with Gasteiger partial charge in [-0.2, -0.15) is 0 Å². The van der Waals surface area contributed by atoms with Crippen molar-refractivity contribution in [2.45, 2.75) is 52.1 Å². The molecular formula is C32H32N2O4S2. The van der Waals surface area contributed by atoms with Crippen LogP contribution in [-0.4, -0.2) is 33.3 Å². The predicted octanol–water partition coefficient (Wildman–Crippen LogP) is 7.76. The summed E-state index contributed by atoms with van der Waals surface area (Å²) in [6, 6.07) is 17.3. The van der Waals surface area contributed by atoms with Crippen LogP contribution in [-0.2, 0) is 4.79 Å². The topological polar surface area (TPSA) is 86.7 Å². The van der Waals surface area contributed by atoms with Crippen LogP contribution in [0.5, 0.6) is 0 Å². The summed E-state index contributed by atoms with van der Waals surface area (Å²) in [7, 11) is 0. The maximum Gasteiger partial charge on any atom is 0.330 e. The molecule has 0 bridgehead atoms. The third-order valence-corrected chi connectivity index (χ3v) is 10.3. The van der Waals surface area contributed by atoms with Gasteiger partial charge in [0.25, 0.3) is 0 Å². The van der Waals surface area contributed by atoms with Crippen molar-refractivity contribution in [3.05, 3.63) is 109 Å². The maximum absolute atomic E-state index is 14.6. The summed E-state index contributed by atoms with van der Waals surface area (Å²) in [5.41, 5.74) is 3.00. The number of aliphatic carboxylic acids is 1. The number of aryl methyl sites for hydroxylation is 4. The number of anilines is 1. The Balaban J connectivity index is 1.78. The van der Waals surface area contributed by atoms with Gasteiger partial charge in [0.2, 0.25) is 0 Å². The first-order valence-electron chi connectivity index (χ1n) is 13.1. The fraction of sp³-hybridized carbons (Fsp3) is 0.281. The molecule has 2 N–H and O–H groups in total. The first-order chi connectivity index (χ1) is 19.1. The molecule has 1 fully saturated rings. The molecule has 8 heteroatoms. The summed E-state index contributed by atoms with van der Waals surface area (Å²) in [5, 5.41) is 17.8. The normalized spacial score (nSPS) is 22.3. The molecule has 4 unspecified atom stereocenters. The largest absolute Gasteiger partial charge is 0.479 e. The Hall–Kier alpha value is -3.75. The number of amides is 2. The number of hydrogen-bond acceptors (Lipinski definition) is 5. The highest BCUT2D eigenvalue weighted by Crippen LogP contribution is 2.59. The molecule has 2 amide bonds. The number of rotatable bonds is 6. The van der Waals surface area contributed by atoms with Crippen molar-refractivity contribution < 1.29 is 19.5 Å². The van der Waals surface area contributed by atoms with Gasteiger partial charge in [-0.15, -0.1) is 22.7 Å². The Kier molecular flexibility index (Phi) is 7.42. The zero-order valence-electron chi connectivity index (χ0n) is 23.1. The Bertz CT molecular complexity index is 1610. The number of carbonyl (C=O) groups excluding carboxylic acids is 2. The van der Waals surface area contributed by atoms with E-state index in [2.05, 4.69) is 5.32 Å². The van der Waals surface area contributed by atoms with Gasteiger partial charge in [0.1, 0.15) is 5.54 Å². The fourth-order valence-corrected chi connectivity index (χ4v) is 8.28. The van der Waals surface area contributed by atoms with Crippen LogP contribution in [0.25, 0.3) is 0 Å². The number of carbonyl (C=O) groups is 3. The molecule has 4 atom stereocenters. The summed E-state index contributed by atoms with van der Waals surface area (Å²) < 4.78 is 0. The number of carboxylic acids is 1. The van der Waals surface area contributed by atoms with E-state index >= 15 is 0 Å². The van der Waals surface area contributed by atoms with Crippen molar-refractivity contribution in [1.82, 2.24) is 4.90 Å². The first kappa shape index (κ1) is 27.8. The van der Waals surface area contributed by atoms with Gasteiger partial charge in [0.05, 0.1) is 12.0 Å². The number of nitrogens with one attached hydrogen (secondary N) is 1. The molecule has 1 aliphatic rings. The van der Waals surface area contributed by atoms with Crippen LogP contribution in [0.2, 0.25) is 0 Å². The molecule has 1 saturated heterocycles. The number of thiophene rings is 2. The first-order valence-corrected chi connectivity index (χ1v) is 14.9. The number of carboxylic acid groups (broad SMARTS) is 1. The van der Waals surface area contributed by atoms with Crippen LogP contribution >= 0.6 is 22.7 Å². The number of benzene rings is 2. The van der Waals surface area contributed by atoms with Gasteiger partial charge in [0, 0.05) is 26.9 Å². The molecule has 40 heavy (non-hydrogen) atoms. The maximum atomic E-state index is 14.6. The van der Waals surface area contributed by atoms with Gasteiger partial charge < -0.3 is 10.4 Å². The molecular weight excluding hydrogens is 540 g/mol. The second-order valence-corrected chi connectivity index (χ2v) is 12.6. The lowest BCUT2D eigenvalue weighted by Gasteiger charge is -2.37. The van der Waals surface area contributed by atoms with Crippen LogP contribution in [0.15, 0.2) is 71.4 Å². The second-order valence-electron chi connectivity index (χ2n) is 10.7. The molecule has 1 aliphatic heterocycles. The predicted molar refractivity (Wildman–Crippen MR) is 161 cm³/mol. The highest BCUT2D eigenvalue weighted by Gasteiger charge is 2.66. The van der Waals surface area contributed by atoms with E-state index in [9.17, 15) is 19.5 Å². The molecule has 6 nitrogen and oxygen atoms in total. The van der Waals surface area contributed by atoms with Crippen molar-refractivity contribution in [3.63, 3.8) is 0 Å². The smallest absolute Gasteiger partial charge is 0.330 e. The molecule has 4 aromatic rings. The van der Waals surface area contributed by atoms with Gasteiger partial charge in [-0.05, 0) is 91.9 Å². The molecule has 5 rings (SSSR count). The van der Waals surface area contributed by atoms with Crippen molar-refractivity contribution in [3.8, 4) is 0 Å². The van der Waals surface area contributed by atoms with Crippen LogP contribution in [0.3, 0.4) is 0 Å². The number of urea groups is 1. The van der Waals surface area contributed by atoms with E-state index in [1.54, 1.807) is 19.1 Å². The third-order valence-electron chi connectivity index (χ3n) is 8.07. The minimum absolute atomic E-state index is 0.160. The minimum Gasteiger partial charge on any atom is -0.479 e. The van der Waals surface area contributed by atoms with E-state index in [4.69, 9.17) is 0 Å². The lowest BCUT2D eigenvalue weighted by molar-refractivity contribution is -0.148. The average molecular weight is 573 g/mol. The van der Waals surface area contributed by atoms with E-state index in [0.717, 1.165) is 32.0 Å². The standard InChI is InChI=1S/C32H32N2O4S2/c1-18-9-8-11-22(17-18)33-31(38)34-26(29-21(4)14-16-40-29)24(27(35)23-12-7-6-10-19(23)2)25(32(34,5)30(36)37)28-20(3)13-15-39-28/h6-17,24-26H,1-5H3,(H,33,38)(H,36,37). The van der Waals surface area contributed by atoms with Gasteiger partial charge in [-0.3, -0.25) is 9.69 Å². The molecule has 2 aromatic heterocycles. The van der Waals surface area contributed by atoms with Crippen LogP contribution in [0, 0.1) is 33.6 Å². The summed E-state index contributed by atoms with van der Waals surface area (Å²) >= 11 is 2.89. The molecule has 3 heterocycles. The van der Waals surface area contributed by atoms with Crippen molar-refractivity contribution in [1.29, 1.82) is 0 Å². The molecule has 2 aromatic carbocycles. The zero-order valence-corrected chi connectivity index (χ0v) is 24.7. The second kappa shape index (κ2) is 10.7. The Morgan fingerprint density at radius 1 is 0.850 bits per heavy atom. The SMILES string of the molecule is Cc1cccc(NC(=O)N2C(c3sccc3C)C(C(=O)c3ccccc3C)C(c3sccc3C)C2(C)C(=O)O)c1. The lowest BCUT2D eigenvalue weighted by Crippen LogP contribution is -2.55. The minimum atomic E-state index is -1.71. The number of nitrogens with zero attached hydrogens (tertiary/aromatic N) is 1. The van der Waals surface area contributed by atoms with Gasteiger partial charge in [-0.1, -0.05) is 36.4 Å². The van der Waals surface area contributed by atoms with Gasteiger partial charge >= 0.3 is 12.0 Å². The monoisotopic (exact) mass is 572 g/mol. The summed E-state index contributed by atoms with van der Waals surface area (Å²) in [4.78, 5) is 45.4. The Morgan fingerprint density at radius 2 is 1.50 bits per heavy atom. The summed E-state index contributed by atoms with van der Waals surface area (Å²) in [6.07, 6.45) is 0. The van der Waals surface area contributed by atoms with Crippen LogP contribution in [0.4, 0.5) is 10.5 Å². The van der Waals surface area contributed by atoms with E-state index in [1.165, 1.54) is 27.6 Å². The molecule has 0 aliphatic carbocycles. The molecule has 0 saturated carbocycles. The quantitative estimate of drug-likeness (QED) is 0.231. The van der Waals surface area contributed by atoms with Gasteiger partial charge in [0.15, 0.2) is 5.78 Å². The average Bonchev–Trinajstić information content (AvgIpc) is 3.59. The van der Waals surface area contributed by atoms with E-state index in [0.29, 0.717) is 11.3 Å². The van der Waals surface area contributed by atoms with Crippen molar-refractivity contribution >= 4 is 46.1 Å². The third kappa shape index (κ3) is 4.55. The molecule has 0 spiro atoms. The number of Topliss-reactive ketones (excluding diaryl/α,β-unsaturated/α-hetero) is 1. The van der Waals surface area contributed by atoms with Crippen LogP contribution in [0.1, 0.15) is 61.2 Å². The Labute approximate surface area is 242 Å². The highest BCUT2D eigenvalue weighted by molar-refractivity contribution is 7.10. The number of ketones is 1. The lowest BCUT2D eigenvalue weighted by atomic mass is 9.74. The number of likely N-dealkylation sites (tertiary alicyclic amines) is 1. The van der Waals surface area contributed by atoms with Crippen molar-refractivity contribution in [2.24, 2.45) is 5.92 Å². The number of hydrogen-bond donors (Lipinski definition) is 2. The fourth-order valence-electron chi connectivity index (χ4n) is 6.02. The molecule has 0 radical (unpaired) electrons. The zero-order chi connectivity index (χ0) is 28.8. The van der Waals surface area contributed by atoms with E-state index in [1.807, 2.05) is 87.0 Å². The summed E-state index contributed by atoms with van der Waals surface area (Å²) in [6.45, 7) is 9.29. The van der Waals surface area contributed by atoms with Crippen molar-refractivity contribution in [2.75, 3.05) is 5.32 Å². The van der Waals surface area contributed by atoms with E-state index < -0.39 is 35.4 Å².